The number of carboxylic acids is 1. The van der Waals surface area contributed by atoms with Crippen LogP contribution in [0.1, 0.15) is 29.5 Å². The zero-order valence-corrected chi connectivity index (χ0v) is 12.2. The summed E-state index contributed by atoms with van der Waals surface area (Å²) < 4.78 is 0. The molecule has 0 radical (unpaired) electrons. The van der Waals surface area contributed by atoms with Crippen LogP contribution < -0.4 is 11.1 Å². The maximum Gasteiger partial charge on any atom is 0.326 e. The third-order valence-corrected chi connectivity index (χ3v) is 3.17. The summed E-state index contributed by atoms with van der Waals surface area (Å²) in [5.41, 5.74) is 7.85. The molecule has 0 fully saturated rings. The quantitative estimate of drug-likeness (QED) is 0.686. The van der Waals surface area contributed by atoms with Crippen molar-refractivity contribution >= 4 is 17.8 Å². The van der Waals surface area contributed by atoms with Gasteiger partial charge in [0.05, 0.1) is 6.42 Å². The second-order valence-electron chi connectivity index (χ2n) is 5.07. The highest BCUT2D eigenvalue weighted by Crippen LogP contribution is 2.11. The minimum absolute atomic E-state index is 0.0107. The fourth-order valence-corrected chi connectivity index (χ4v) is 1.95. The Morgan fingerprint density at radius 2 is 1.95 bits per heavy atom. The minimum atomic E-state index is -1.18. The van der Waals surface area contributed by atoms with Crippen LogP contribution in [0.3, 0.4) is 0 Å². The molecule has 0 spiro atoms. The van der Waals surface area contributed by atoms with E-state index in [9.17, 15) is 14.4 Å². The van der Waals surface area contributed by atoms with E-state index < -0.39 is 17.9 Å². The van der Waals surface area contributed by atoms with Crippen LogP contribution in [0.15, 0.2) is 18.2 Å². The molecule has 0 saturated carbocycles. The van der Waals surface area contributed by atoms with E-state index in [2.05, 4.69) is 5.32 Å². The van der Waals surface area contributed by atoms with Crippen molar-refractivity contribution in [1.29, 1.82) is 0 Å². The Balaban J connectivity index is 2.67. The van der Waals surface area contributed by atoms with Crippen molar-refractivity contribution < 1.29 is 19.5 Å². The fourth-order valence-electron chi connectivity index (χ4n) is 1.95. The van der Waals surface area contributed by atoms with Crippen molar-refractivity contribution in [1.82, 2.24) is 5.32 Å². The van der Waals surface area contributed by atoms with E-state index in [0.717, 1.165) is 16.7 Å². The third kappa shape index (κ3) is 5.64. The van der Waals surface area contributed by atoms with Crippen molar-refractivity contribution in [3.05, 3.63) is 34.9 Å². The molecule has 6 heteroatoms. The first kappa shape index (κ1) is 16.7. The summed E-state index contributed by atoms with van der Waals surface area (Å²) in [6, 6.07) is 4.66. The molecule has 0 aromatic heterocycles. The molecule has 1 aromatic carbocycles. The molecule has 0 heterocycles. The molecule has 0 aliphatic carbocycles. The number of amides is 2. The molecular formula is C15H20N2O4. The molecule has 0 aliphatic heterocycles. The lowest BCUT2D eigenvalue weighted by Crippen LogP contribution is -2.42. The van der Waals surface area contributed by atoms with Crippen molar-refractivity contribution in [2.24, 2.45) is 5.73 Å². The van der Waals surface area contributed by atoms with Crippen molar-refractivity contribution in [3.8, 4) is 0 Å². The van der Waals surface area contributed by atoms with Gasteiger partial charge in [-0.1, -0.05) is 23.8 Å². The molecule has 0 aliphatic rings. The summed E-state index contributed by atoms with van der Waals surface area (Å²) in [5.74, 6) is -2.16. The number of nitrogens with one attached hydrogen (secondary N) is 1. The van der Waals surface area contributed by atoms with Crippen LogP contribution in [0.4, 0.5) is 0 Å². The van der Waals surface area contributed by atoms with Crippen LogP contribution in [0.2, 0.25) is 0 Å². The van der Waals surface area contributed by atoms with Crippen molar-refractivity contribution in [3.63, 3.8) is 0 Å². The molecule has 1 unspecified atom stereocenters. The van der Waals surface area contributed by atoms with E-state index in [0.29, 0.717) is 0 Å². The highest BCUT2D eigenvalue weighted by Gasteiger charge is 2.20. The number of aliphatic carboxylic acids is 1. The smallest absolute Gasteiger partial charge is 0.326 e. The average Bonchev–Trinajstić information content (AvgIpc) is 2.38. The van der Waals surface area contributed by atoms with Crippen LogP contribution in [-0.2, 0) is 20.8 Å². The molecular weight excluding hydrogens is 272 g/mol. The molecule has 0 bridgehead atoms. The number of carbonyl (C=O) groups excluding carboxylic acids is 2. The van der Waals surface area contributed by atoms with Gasteiger partial charge in [0.25, 0.3) is 0 Å². The van der Waals surface area contributed by atoms with E-state index in [1.54, 1.807) is 0 Å². The number of aryl methyl sites for hydroxylation is 2. The van der Waals surface area contributed by atoms with Crippen LogP contribution in [0.5, 0.6) is 0 Å². The van der Waals surface area contributed by atoms with Gasteiger partial charge >= 0.3 is 5.97 Å². The van der Waals surface area contributed by atoms with Gasteiger partial charge in [-0.3, -0.25) is 9.59 Å². The van der Waals surface area contributed by atoms with Gasteiger partial charge in [-0.15, -0.1) is 0 Å². The molecule has 2 amide bonds. The Morgan fingerprint density at radius 3 is 2.52 bits per heavy atom. The van der Waals surface area contributed by atoms with E-state index in [1.165, 1.54) is 0 Å². The lowest BCUT2D eigenvalue weighted by atomic mass is 10.0. The van der Waals surface area contributed by atoms with E-state index in [1.807, 2.05) is 32.0 Å². The molecule has 1 rings (SSSR count). The van der Waals surface area contributed by atoms with Crippen LogP contribution in [0.25, 0.3) is 0 Å². The fraction of sp³-hybridized carbons (Fsp3) is 0.400. The number of nitrogens with two attached hydrogens (primary N) is 1. The predicted molar refractivity (Wildman–Crippen MR) is 77.6 cm³/mol. The standard InChI is InChI=1S/C15H20N2O4/c1-9-3-4-10(2)11(7-9)8-14(19)17-12(15(20)21)5-6-13(16)18/h3-4,7,12H,5-6,8H2,1-2H3,(H2,16,18)(H,17,19)(H,20,21). The van der Waals surface area contributed by atoms with Gasteiger partial charge < -0.3 is 16.2 Å². The van der Waals surface area contributed by atoms with Crippen LogP contribution in [-0.4, -0.2) is 28.9 Å². The summed E-state index contributed by atoms with van der Waals surface area (Å²) in [4.78, 5) is 33.7. The number of rotatable bonds is 7. The average molecular weight is 292 g/mol. The largest absolute Gasteiger partial charge is 0.480 e. The lowest BCUT2D eigenvalue weighted by Gasteiger charge is -2.14. The van der Waals surface area contributed by atoms with Gasteiger partial charge in [-0.05, 0) is 31.4 Å². The Kier molecular flexibility index (Phi) is 5.90. The molecule has 4 N–H and O–H groups in total. The molecule has 0 saturated heterocycles. The normalized spacial score (nSPS) is 11.7. The number of hydrogen-bond acceptors (Lipinski definition) is 3. The summed E-state index contributed by atoms with van der Waals surface area (Å²) in [5, 5.41) is 11.5. The van der Waals surface area contributed by atoms with Gasteiger partial charge in [0, 0.05) is 6.42 Å². The lowest BCUT2D eigenvalue weighted by molar-refractivity contribution is -0.142. The summed E-state index contributed by atoms with van der Waals surface area (Å²) in [6.07, 6.45) is 0.0117. The molecule has 114 valence electrons. The zero-order valence-electron chi connectivity index (χ0n) is 12.2. The Labute approximate surface area is 123 Å². The van der Waals surface area contributed by atoms with Crippen LogP contribution in [0, 0.1) is 13.8 Å². The molecule has 21 heavy (non-hydrogen) atoms. The monoisotopic (exact) mass is 292 g/mol. The number of primary amides is 1. The minimum Gasteiger partial charge on any atom is -0.480 e. The number of benzene rings is 1. The number of carbonyl (C=O) groups is 3. The highest BCUT2D eigenvalue weighted by atomic mass is 16.4. The van der Waals surface area contributed by atoms with Gasteiger partial charge in [-0.2, -0.15) is 0 Å². The van der Waals surface area contributed by atoms with Crippen LogP contribution >= 0.6 is 0 Å². The van der Waals surface area contributed by atoms with Gasteiger partial charge in [0.1, 0.15) is 6.04 Å². The van der Waals surface area contributed by atoms with Gasteiger partial charge in [0.2, 0.25) is 11.8 Å². The van der Waals surface area contributed by atoms with Gasteiger partial charge in [-0.25, -0.2) is 4.79 Å². The van der Waals surface area contributed by atoms with Gasteiger partial charge in [0.15, 0.2) is 0 Å². The molecule has 1 aromatic rings. The predicted octanol–water partition coefficient (Wildman–Crippen LogP) is 0.681. The van der Waals surface area contributed by atoms with Crippen molar-refractivity contribution in [2.45, 2.75) is 39.2 Å². The Hall–Kier alpha value is -2.37. The molecule has 1 atom stereocenters. The molecule has 6 nitrogen and oxygen atoms in total. The Bertz CT molecular complexity index is 555. The number of carboxylic acid groups (broad SMARTS) is 1. The highest BCUT2D eigenvalue weighted by molar-refractivity contribution is 5.85. The second-order valence-corrected chi connectivity index (χ2v) is 5.07. The second kappa shape index (κ2) is 7.42. The Morgan fingerprint density at radius 1 is 1.29 bits per heavy atom. The zero-order chi connectivity index (χ0) is 16.0. The SMILES string of the molecule is Cc1ccc(C)c(CC(=O)NC(CCC(N)=O)C(=O)O)c1. The first-order chi connectivity index (χ1) is 9.79. The first-order valence-corrected chi connectivity index (χ1v) is 6.66. The summed E-state index contributed by atoms with van der Waals surface area (Å²) in [7, 11) is 0. The van der Waals surface area contributed by atoms with Crippen molar-refractivity contribution in [2.75, 3.05) is 0 Å². The summed E-state index contributed by atoms with van der Waals surface area (Å²) >= 11 is 0. The summed E-state index contributed by atoms with van der Waals surface area (Å²) in [6.45, 7) is 3.82. The van der Waals surface area contributed by atoms with E-state index in [4.69, 9.17) is 10.8 Å². The maximum atomic E-state index is 11.9. The number of hydrogen-bond donors (Lipinski definition) is 3. The third-order valence-electron chi connectivity index (χ3n) is 3.17. The maximum absolute atomic E-state index is 11.9. The van der Waals surface area contributed by atoms with E-state index in [-0.39, 0.29) is 25.2 Å². The first-order valence-electron chi connectivity index (χ1n) is 6.66. The van der Waals surface area contributed by atoms with E-state index >= 15 is 0 Å². The topological polar surface area (TPSA) is 109 Å².